The first-order chi connectivity index (χ1) is 13.6. The molecule has 0 bridgehead atoms. The van der Waals surface area contributed by atoms with Crippen LogP contribution in [0.5, 0.6) is 0 Å². The molecular formula is C19H24Cl2N4O3S. The maximum absolute atomic E-state index is 12.8. The van der Waals surface area contributed by atoms with Gasteiger partial charge in [-0.2, -0.15) is 4.31 Å². The van der Waals surface area contributed by atoms with Crippen molar-refractivity contribution < 1.29 is 13.2 Å². The van der Waals surface area contributed by atoms with E-state index in [0.717, 1.165) is 5.56 Å². The van der Waals surface area contributed by atoms with Crippen LogP contribution in [0.4, 0.5) is 0 Å². The number of hydrogen-bond acceptors (Lipinski definition) is 4. The van der Waals surface area contributed by atoms with Crippen LogP contribution in [0.2, 0.25) is 10.0 Å². The summed E-state index contributed by atoms with van der Waals surface area (Å²) >= 11 is 12.0. The molecule has 1 aliphatic rings. The van der Waals surface area contributed by atoms with E-state index in [0.29, 0.717) is 28.7 Å². The lowest BCUT2D eigenvalue weighted by Gasteiger charge is -2.30. The second-order valence-electron chi connectivity index (χ2n) is 7.32. The van der Waals surface area contributed by atoms with Crippen LogP contribution in [-0.2, 0) is 21.9 Å². The van der Waals surface area contributed by atoms with Gasteiger partial charge in [-0.3, -0.25) is 4.79 Å². The molecule has 10 heteroatoms. The van der Waals surface area contributed by atoms with Crippen molar-refractivity contribution in [1.82, 2.24) is 19.2 Å². The molecule has 1 unspecified atom stereocenters. The number of carbonyl (C=O) groups is 1. The number of hydrogen-bond donors (Lipinski definition) is 1. The van der Waals surface area contributed by atoms with Crippen LogP contribution in [0, 0.1) is 12.8 Å². The molecule has 29 heavy (non-hydrogen) atoms. The molecule has 1 aromatic heterocycles. The SMILES string of the molecule is Cc1nc(S(=O)(=O)N2CCC(C(=O)NC(C)c3ccc(Cl)c(Cl)c3)CC2)cn1C. The minimum atomic E-state index is -3.65. The van der Waals surface area contributed by atoms with E-state index in [-0.39, 0.29) is 36.0 Å². The molecule has 1 aromatic carbocycles. The van der Waals surface area contributed by atoms with Crippen molar-refractivity contribution >= 4 is 39.1 Å². The van der Waals surface area contributed by atoms with Crippen molar-refractivity contribution in [3.05, 3.63) is 45.8 Å². The Morgan fingerprint density at radius 1 is 1.24 bits per heavy atom. The van der Waals surface area contributed by atoms with Gasteiger partial charge in [0, 0.05) is 32.3 Å². The summed E-state index contributed by atoms with van der Waals surface area (Å²) in [6, 6.07) is 5.03. The maximum atomic E-state index is 12.8. The number of aromatic nitrogens is 2. The zero-order valence-corrected chi connectivity index (χ0v) is 18.9. The summed E-state index contributed by atoms with van der Waals surface area (Å²) in [6.07, 6.45) is 2.44. The Balaban J connectivity index is 1.59. The Bertz CT molecular complexity index is 995. The van der Waals surface area contributed by atoms with Crippen molar-refractivity contribution in [3.63, 3.8) is 0 Å². The predicted molar refractivity (Wildman–Crippen MR) is 112 cm³/mol. The second-order valence-corrected chi connectivity index (χ2v) is 10.0. The van der Waals surface area contributed by atoms with Crippen LogP contribution >= 0.6 is 23.2 Å². The third-order valence-electron chi connectivity index (χ3n) is 5.32. The Morgan fingerprint density at radius 3 is 2.45 bits per heavy atom. The molecule has 7 nitrogen and oxygen atoms in total. The fraction of sp³-hybridized carbons (Fsp3) is 0.474. The first-order valence-electron chi connectivity index (χ1n) is 9.35. The third kappa shape index (κ3) is 4.77. The van der Waals surface area contributed by atoms with Gasteiger partial charge in [0.1, 0.15) is 5.82 Å². The van der Waals surface area contributed by atoms with Gasteiger partial charge in [-0.15, -0.1) is 0 Å². The topological polar surface area (TPSA) is 84.3 Å². The Labute approximate surface area is 181 Å². The van der Waals surface area contributed by atoms with Crippen LogP contribution in [0.25, 0.3) is 0 Å². The van der Waals surface area contributed by atoms with E-state index in [2.05, 4.69) is 10.3 Å². The van der Waals surface area contributed by atoms with E-state index in [1.54, 1.807) is 30.7 Å². The summed E-state index contributed by atoms with van der Waals surface area (Å²) in [7, 11) is -1.89. The number of carbonyl (C=O) groups excluding carboxylic acids is 1. The molecule has 1 amide bonds. The number of imidazole rings is 1. The van der Waals surface area contributed by atoms with Gasteiger partial charge in [0.2, 0.25) is 5.91 Å². The van der Waals surface area contributed by atoms with Crippen LogP contribution < -0.4 is 5.32 Å². The van der Waals surface area contributed by atoms with Crippen LogP contribution in [0.1, 0.15) is 37.2 Å². The van der Waals surface area contributed by atoms with Gasteiger partial charge in [-0.25, -0.2) is 13.4 Å². The number of nitrogens with zero attached hydrogens (tertiary/aromatic N) is 3. The summed E-state index contributed by atoms with van der Waals surface area (Å²) in [6.45, 7) is 4.21. The summed E-state index contributed by atoms with van der Waals surface area (Å²) in [5, 5.41) is 3.94. The number of rotatable bonds is 5. The van der Waals surface area contributed by atoms with E-state index >= 15 is 0 Å². The fourth-order valence-corrected chi connectivity index (χ4v) is 5.14. The summed E-state index contributed by atoms with van der Waals surface area (Å²) < 4.78 is 28.6. The Hall–Kier alpha value is -1.61. The molecule has 2 aromatic rings. The first-order valence-corrected chi connectivity index (χ1v) is 11.5. The monoisotopic (exact) mass is 458 g/mol. The molecular weight excluding hydrogens is 435 g/mol. The molecule has 1 atom stereocenters. The van der Waals surface area contributed by atoms with Gasteiger partial charge >= 0.3 is 0 Å². The number of benzene rings is 1. The lowest BCUT2D eigenvalue weighted by Crippen LogP contribution is -2.43. The molecule has 1 fully saturated rings. The highest BCUT2D eigenvalue weighted by Crippen LogP contribution is 2.27. The second kappa shape index (κ2) is 8.63. The highest BCUT2D eigenvalue weighted by Gasteiger charge is 2.33. The van der Waals surface area contributed by atoms with Crippen molar-refractivity contribution in [1.29, 1.82) is 0 Å². The Kier molecular flexibility index (Phi) is 6.57. The molecule has 0 aliphatic carbocycles. The fourth-order valence-electron chi connectivity index (χ4n) is 3.34. The number of halogens is 2. The number of nitrogens with one attached hydrogen (secondary N) is 1. The average molecular weight is 459 g/mol. The molecule has 2 heterocycles. The summed E-state index contributed by atoms with van der Waals surface area (Å²) in [4.78, 5) is 16.8. The normalized spacial score (nSPS) is 17.3. The van der Waals surface area contributed by atoms with E-state index in [9.17, 15) is 13.2 Å². The van der Waals surface area contributed by atoms with Crippen LogP contribution in [0.15, 0.2) is 29.4 Å². The highest BCUT2D eigenvalue weighted by atomic mass is 35.5. The van der Waals surface area contributed by atoms with Crippen LogP contribution in [-0.4, -0.2) is 41.3 Å². The minimum Gasteiger partial charge on any atom is -0.349 e. The molecule has 1 aliphatic heterocycles. The minimum absolute atomic E-state index is 0.0497. The summed E-state index contributed by atoms with van der Waals surface area (Å²) in [5.41, 5.74) is 0.860. The number of sulfonamides is 1. The number of amides is 1. The highest BCUT2D eigenvalue weighted by molar-refractivity contribution is 7.89. The van der Waals surface area contributed by atoms with Crippen molar-refractivity contribution in [3.8, 4) is 0 Å². The van der Waals surface area contributed by atoms with Gasteiger partial charge in [0.15, 0.2) is 5.03 Å². The zero-order chi connectivity index (χ0) is 21.3. The number of aryl methyl sites for hydroxylation is 2. The van der Waals surface area contributed by atoms with Gasteiger partial charge in [0.05, 0.1) is 16.1 Å². The zero-order valence-electron chi connectivity index (χ0n) is 16.5. The van der Waals surface area contributed by atoms with Crippen molar-refractivity contribution in [2.24, 2.45) is 13.0 Å². The first kappa shape index (κ1) is 22.1. The average Bonchev–Trinajstić information content (AvgIpc) is 3.03. The van der Waals surface area contributed by atoms with E-state index in [1.807, 2.05) is 13.0 Å². The molecule has 0 saturated carbocycles. The summed E-state index contributed by atoms with van der Waals surface area (Å²) in [5.74, 6) is 0.306. The van der Waals surface area contributed by atoms with E-state index < -0.39 is 10.0 Å². The van der Waals surface area contributed by atoms with Gasteiger partial charge in [0.25, 0.3) is 10.0 Å². The quantitative estimate of drug-likeness (QED) is 0.744. The van der Waals surface area contributed by atoms with E-state index in [4.69, 9.17) is 23.2 Å². The molecule has 0 radical (unpaired) electrons. The van der Waals surface area contributed by atoms with Gasteiger partial charge in [-0.1, -0.05) is 29.3 Å². The number of piperidine rings is 1. The smallest absolute Gasteiger partial charge is 0.262 e. The standard InChI is InChI=1S/C19H24Cl2N4O3S/c1-12(15-4-5-16(20)17(21)10-15)22-19(26)14-6-8-25(9-7-14)29(27,28)18-11-24(3)13(2)23-18/h4-5,10-12,14H,6-9H2,1-3H3,(H,22,26). The van der Waals surface area contributed by atoms with Gasteiger partial charge in [-0.05, 0) is 44.4 Å². The van der Waals surface area contributed by atoms with E-state index in [1.165, 1.54) is 10.5 Å². The van der Waals surface area contributed by atoms with Crippen molar-refractivity contribution in [2.45, 2.75) is 37.8 Å². The maximum Gasteiger partial charge on any atom is 0.262 e. The molecule has 3 rings (SSSR count). The van der Waals surface area contributed by atoms with Crippen molar-refractivity contribution in [2.75, 3.05) is 13.1 Å². The van der Waals surface area contributed by atoms with Gasteiger partial charge < -0.3 is 9.88 Å². The molecule has 1 N–H and O–H groups in total. The molecule has 1 saturated heterocycles. The molecule has 0 spiro atoms. The molecule has 158 valence electrons. The van der Waals surface area contributed by atoms with Crippen LogP contribution in [0.3, 0.4) is 0 Å². The Morgan fingerprint density at radius 2 is 1.90 bits per heavy atom. The predicted octanol–water partition coefficient (Wildman–Crippen LogP) is 3.31. The lowest BCUT2D eigenvalue weighted by atomic mass is 9.96. The lowest BCUT2D eigenvalue weighted by molar-refractivity contribution is -0.126. The largest absolute Gasteiger partial charge is 0.349 e. The third-order valence-corrected chi connectivity index (χ3v) is 7.83.